The molecule has 0 atom stereocenters. The molecule has 4 heteroatoms. The third-order valence-electron chi connectivity index (χ3n) is 2.17. The Morgan fingerprint density at radius 1 is 1.40 bits per heavy atom. The molecule has 2 rings (SSSR count). The van der Waals surface area contributed by atoms with E-state index in [1.165, 1.54) is 0 Å². The summed E-state index contributed by atoms with van der Waals surface area (Å²) in [7, 11) is 1.88. The van der Waals surface area contributed by atoms with Crippen LogP contribution >= 0.6 is 0 Å². The van der Waals surface area contributed by atoms with Gasteiger partial charge in [-0.3, -0.25) is 4.79 Å². The van der Waals surface area contributed by atoms with Gasteiger partial charge >= 0.3 is 0 Å². The van der Waals surface area contributed by atoms with Crippen molar-refractivity contribution in [3.63, 3.8) is 0 Å². The average Bonchev–Trinajstić information content (AvgIpc) is 2.65. The molecule has 76 valence electrons. The minimum Gasteiger partial charge on any atom is -0.366 e. The molecular weight excluding hydrogens is 190 g/mol. The number of amides is 1. The van der Waals surface area contributed by atoms with Crippen molar-refractivity contribution >= 4 is 5.91 Å². The SMILES string of the molecule is Cn1cnc(-c2ccccc2C(N)=O)c1. The highest BCUT2D eigenvalue weighted by Crippen LogP contribution is 2.20. The van der Waals surface area contributed by atoms with E-state index in [-0.39, 0.29) is 0 Å². The van der Waals surface area contributed by atoms with Crippen molar-refractivity contribution in [3.05, 3.63) is 42.4 Å². The zero-order valence-corrected chi connectivity index (χ0v) is 8.34. The number of rotatable bonds is 2. The van der Waals surface area contributed by atoms with E-state index in [9.17, 15) is 4.79 Å². The number of aromatic nitrogens is 2. The fourth-order valence-electron chi connectivity index (χ4n) is 1.47. The predicted molar refractivity (Wildman–Crippen MR) is 57.2 cm³/mol. The number of primary amides is 1. The topological polar surface area (TPSA) is 60.9 Å². The van der Waals surface area contributed by atoms with Crippen molar-refractivity contribution in [2.75, 3.05) is 0 Å². The Balaban J connectivity index is 2.57. The normalized spacial score (nSPS) is 10.2. The number of nitrogens with zero attached hydrogens (tertiary/aromatic N) is 2. The van der Waals surface area contributed by atoms with Crippen LogP contribution < -0.4 is 5.73 Å². The number of aryl methyl sites for hydroxylation is 1. The molecule has 0 aliphatic heterocycles. The molecule has 0 saturated heterocycles. The van der Waals surface area contributed by atoms with Crippen LogP contribution in [0, 0.1) is 0 Å². The maximum atomic E-state index is 11.2. The van der Waals surface area contributed by atoms with Crippen LogP contribution in [0.1, 0.15) is 10.4 Å². The first-order chi connectivity index (χ1) is 7.18. The van der Waals surface area contributed by atoms with Crippen LogP contribution in [0.4, 0.5) is 0 Å². The average molecular weight is 201 g/mol. The van der Waals surface area contributed by atoms with Crippen molar-refractivity contribution in [2.45, 2.75) is 0 Å². The van der Waals surface area contributed by atoms with E-state index in [0.717, 1.165) is 11.3 Å². The number of nitrogens with two attached hydrogens (primary N) is 1. The van der Waals surface area contributed by atoms with Gasteiger partial charge in [0.15, 0.2) is 0 Å². The van der Waals surface area contributed by atoms with Gasteiger partial charge in [-0.1, -0.05) is 18.2 Å². The number of carbonyl (C=O) groups excluding carboxylic acids is 1. The zero-order chi connectivity index (χ0) is 10.8. The standard InChI is InChI=1S/C11H11N3O/c1-14-6-10(13-7-14)8-4-2-3-5-9(8)11(12)15/h2-7H,1H3,(H2,12,15). The van der Waals surface area contributed by atoms with Gasteiger partial charge in [0.2, 0.25) is 5.91 Å². The zero-order valence-electron chi connectivity index (χ0n) is 8.34. The first-order valence-corrected chi connectivity index (χ1v) is 4.55. The summed E-state index contributed by atoms with van der Waals surface area (Å²) in [6, 6.07) is 7.18. The molecule has 1 aromatic carbocycles. The molecule has 0 aliphatic carbocycles. The molecular formula is C11H11N3O. The minimum atomic E-state index is -0.434. The van der Waals surface area contributed by atoms with E-state index < -0.39 is 5.91 Å². The molecule has 0 bridgehead atoms. The van der Waals surface area contributed by atoms with Crippen LogP contribution in [0.25, 0.3) is 11.3 Å². The Hall–Kier alpha value is -2.10. The number of imidazole rings is 1. The molecule has 1 amide bonds. The number of hydrogen-bond donors (Lipinski definition) is 1. The first-order valence-electron chi connectivity index (χ1n) is 4.55. The number of carbonyl (C=O) groups is 1. The van der Waals surface area contributed by atoms with Gasteiger partial charge in [-0.25, -0.2) is 4.98 Å². The van der Waals surface area contributed by atoms with Gasteiger partial charge < -0.3 is 10.3 Å². The van der Waals surface area contributed by atoms with Crippen molar-refractivity contribution in [1.82, 2.24) is 9.55 Å². The molecule has 1 aromatic heterocycles. The maximum Gasteiger partial charge on any atom is 0.249 e. The molecule has 0 unspecified atom stereocenters. The predicted octanol–water partition coefficient (Wildman–Crippen LogP) is 1.19. The molecule has 4 nitrogen and oxygen atoms in total. The fraction of sp³-hybridized carbons (Fsp3) is 0.0909. The Labute approximate surface area is 87.4 Å². The van der Waals surface area contributed by atoms with E-state index in [1.807, 2.05) is 29.9 Å². The highest BCUT2D eigenvalue weighted by molar-refractivity contribution is 5.99. The van der Waals surface area contributed by atoms with Crippen LogP contribution in [0.5, 0.6) is 0 Å². The summed E-state index contributed by atoms with van der Waals surface area (Å²) in [5.41, 5.74) is 7.31. The third kappa shape index (κ3) is 1.74. The van der Waals surface area contributed by atoms with Crippen molar-refractivity contribution in [2.24, 2.45) is 12.8 Å². The second-order valence-corrected chi connectivity index (χ2v) is 3.33. The van der Waals surface area contributed by atoms with Gasteiger partial charge in [-0.2, -0.15) is 0 Å². The second-order valence-electron chi connectivity index (χ2n) is 3.33. The molecule has 1 heterocycles. The van der Waals surface area contributed by atoms with Gasteiger partial charge in [0.25, 0.3) is 0 Å². The highest BCUT2D eigenvalue weighted by Gasteiger charge is 2.10. The van der Waals surface area contributed by atoms with Gasteiger partial charge in [0.1, 0.15) is 0 Å². The smallest absolute Gasteiger partial charge is 0.249 e. The minimum absolute atomic E-state index is 0.434. The number of hydrogen-bond acceptors (Lipinski definition) is 2. The Bertz CT molecular complexity index is 502. The summed E-state index contributed by atoms with van der Waals surface area (Å²) in [5.74, 6) is -0.434. The van der Waals surface area contributed by atoms with E-state index >= 15 is 0 Å². The van der Waals surface area contributed by atoms with Gasteiger partial charge in [-0.05, 0) is 6.07 Å². The van der Waals surface area contributed by atoms with Gasteiger partial charge in [0, 0.05) is 24.4 Å². The molecule has 0 saturated carbocycles. The molecule has 0 spiro atoms. The lowest BCUT2D eigenvalue weighted by Crippen LogP contribution is -2.12. The summed E-state index contributed by atoms with van der Waals surface area (Å²) in [4.78, 5) is 15.4. The van der Waals surface area contributed by atoms with E-state index in [0.29, 0.717) is 5.56 Å². The van der Waals surface area contributed by atoms with Crippen molar-refractivity contribution in [3.8, 4) is 11.3 Å². The van der Waals surface area contributed by atoms with Crippen LogP contribution in [-0.4, -0.2) is 15.5 Å². The molecule has 2 N–H and O–H groups in total. The largest absolute Gasteiger partial charge is 0.366 e. The Morgan fingerprint density at radius 2 is 2.13 bits per heavy atom. The van der Waals surface area contributed by atoms with Crippen molar-refractivity contribution < 1.29 is 4.79 Å². The van der Waals surface area contributed by atoms with Gasteiger partial charge in [0.05, 0.1) is 12.0 Å². The van der Waals surface area contributed by atoms with Crippen LogP contribution in [0.3, 0.4) is 0 Å². The summed E-state index contributed by atoms with van der Waals surface area (Å²) >= 11 is 0. The highest BCUT2D eigenvalue weighted by atomic mass is 16.1. The fourth-order valence-corrected chi connectivity index (χ4v) is 1.47. The summed E-state index contributed by atoms with van der Waals surface area (Å²) in [6.07, 6.45) is 3.54. The van der Waals surface area contributed by atoms with Gasteiger partial charge in [-0.15, -0.1) is 0 Å². The first kappa shape index (κ1) is 9.45. The third-order valence-corrected chi connectivity index (χ3v) is 2.17. The van der Waals surface area contributed by atoms with Crippen LogP contribution in [0.15, 0.2) is 36.8 Å². The quantitative estimate of drug-likeness (QED) is 0.793. The van der Waals surface area contributed by atoms with E-state index in [4.69, 9.17) is 5.73 Å². The van der Waals surface area contributed by atoms with E-state index in [1.54, 1.807) is 18.5 Å². The van der Waals surface area contributed by atoms with Crippen LogP contribution in [0.2, 0.25) is 0 Å². The lowest BCUT2D eigenvalue weighted by atomic mass is 10.1. The Morgan fingerprint density at radius 3 is 2.73 bits per heavy atom. The molecule has 0 aliphatic rings. The monoisotopic (exact) mass is 201 g/mol. The lowest BCUT2D eigenvalue weighted by molar-refractivity contribution is 0.100. The maximum absolute atomic E-state index is 11.2. The molecule has 0 fully saturated rings. The Kier molecular flexibility index (Phi) is 2.25. The summed E-state index contributed by atoms with van der Waals surface area (Å²) in [6.45, 7) is 0. The molecule has 15 heavy (non-hydrogen) atoms. The molecule has 0 radical (unpaired) electrons. The number of benzene rings is 1. The van der Waals surface area contributed by atoms with Crippen molar-refractivity contribution in [1.29, 1.82) is 0 Å². The summed E-state index contributed by atoms with van der Waals surface area (Å²) < 4.78 is 1.83. The van der Waals surface area contributed by atoms with E-state index in [2.05, 4.69) is 4.98 Å². The molecule has 2 aromatic rings. The lowest BCUT2D eigenvalue weighted by Gasteiger charge is -2.02. The summed E-state index contributed by atoms with van der Waals surface area (Å²) in [5, 5.41) is 0. The van der Waals surface area contributed by atoms with Crippen LogP contribution in [-0.2, 0) is 7.05 Å². The second kappa shape index (κ2) is 3.57.